The topological polar surface area (TPSA) is 119 Å². The summed E-state index contributed by atoms with van der Waals surface area (Å²) < 4.78 is 49.5. The Hall–Kier alpha value is -4.86. The smallest absolute Gasteiger partial charge is 0.335 e. The molecule has 4 heterocycles. The molecule has 6 rings (SSSR count). The van der Waals surface area contributed by atoms with E-state index in [-0.39, 0.29) is 53.1 Å². The number of nitriles is 1. The summed E-state index contributed by atoms with van der Waals surface area (Å²) in [6.45, 7) is 1.18. The quantitative estimate of drug-likeness (QED) is 0.208. The molecule has 1 atom stereocenters. The van der Waals surface area contributed by atoms with E-state index in [1.54, 1.807) is 34.9 Å². The molecule has 0 unspecified atom stereocenters. The van der Waals surface area contributed by atoms with Crippen molar-refractivity contribution in [3.63, 3.8) is 0 Å². The Balaban J connectivity index is 1.30. The van der Waals surface area contributed by atoms with E-state index in [1.807, 2.05) is 0 Å². The van der Waals surface area contributed by atoms with Crippen LogP contribution >= 0.6 is 11.3 Å². The van der Waals surface area contributed by atoms with Gasteiger partial charge in [0, 0.05) is 29.5 Å². The number of rotatable bonds is 10. The summed E-state index contributed by atoms with van der Waals surface area (Å²) in [5.41, 5.74) is 1.19. The predicted molar refractivity (Wildman–Crippen MR) is 153 cm³/mol. The van der Waals surface area contributed by atoms with Gasteiger partial charge >= 0.3 is 5.97 Å². The van der Waals surface area contributed by atoms with Crippen LogP contribution in [0, 0.1) is 23.0 Å². The van der Waals surface area contributed by atoms with Gasteiger partial charge in [0.2, 0.25) is 5.88 Å². The standard InChI is InChI=1S/C31H24F2N4O5S/c1-40-27-11-18(31(38)39)10-26-30(27)36-28(37(26)15-19-7-8-41-19)12-17-9-24(33)22(13-23(17)32)25-3-2-4-29(35-25)42-16-21-6-5-20(14-34)43-21/h2-6,9-11,13,19H,7-8,12,15-16H2,1H3,(H,38,39)/t19-/m0/s1. The number of nitrogens with zero attached hydrogens (tertiary/aromatic N) is 4. The number of carboxylic acid groups (broad SMARTS) is 1. The number of thiophene rings is 1. The average molecular weight is 603 g/mol. The van der Waals surface area contributed by atoms with Gasteiger partial charge in [-0.3, -0.25) is 0 Å². The number of methoxy groups -OCH3 is 1. The van der Waals surface area contributed by atoms with E-state index in [0.29, 0.717) is 34.9 Å². The zero-order valence-corrected chi connectivity index (χ0v) is 23.7. The highest BCUT2D eigenvalue weighted by molar-refractivity contribution is 7.12. The molecular formula is C31H24F2N4O5S. The minimum Gasteiger partial charge on any atom is -0.494 e. The normalized spacial score (nSPS) is 14.3. The Bertz CT molecular complexity index is 1890. The second kappa shape index (κ2) is 11.8. The third kappa shape index (κ3) is 5.77. The van der Waals surface area contributed by atoms with Gasteiger partial charge in [-0.15, -0.1) is 11.3 Å². The predicted octanol–water partition coefficient (Wildman–Crippen LogP) is 5.98. The molecular weight excluding hydrogens is 578 g/mol. The number of aromatic carboxylic acids is 1. The Labute approximate surface area is 248 Å². The van der Waals surface area contributed by atoms with Gasteiger partial charge in [-0.25, -0.2) is 23.5 Å². The van der Waals surface area contributed by atoms with Gasteiger partial charge < -0.3 is 23.9 Å². The number of ether oxygens (including phenoxy) is 3. The molecule has 0 amide bonds. The molecule has 0 radical (unpaired) electrons. The zero-order chi connectivity index (χ0) is 30.1. The molecule has 3 aromatic heterocycles. The molecule has 0 bridgehead atoms. The van der Waals surface area contributed by atoms with E-state index in [9.17, 15) is 9.90 Å². The van der Waals surface area contributed by atoms with Crippen LogP contribution in [-0.2, 0) is 24.3 Å². The van der Waals surface area contributed by atoms with E-state index in [2.05, 4.69) is 16.0 Å². The van der Waals surface area contributed by atoms with Crippen LogP contribution in [0.15, 0.2) is 54.6 Å². The van der Waals surface area contributed by atoms with Crippen molar-refractivity contribution in [3.8, 4) is 29.0 Å². The maximum Gasteiger partial charge on any atom is 0.335 e. The average Bonchev–Trinajstić information content (AvgIpc) is 3.59. The Morgan fingerprint density at radius 1 is 1.19 bits per heavy atom. The largest absolute Gasteiger partial charge is 0.494 e. The Morgan fingerprint density at radius 3 is 2.72 bits per heavy atom. The number of benzene rings is 2. The Morgan fingerprint density at radius 2 is 2.02 bits per heavy atom. The highest BCUT2D eigenvalue weighted by Crippen LogP contribution is 2.32. The molecule has 1 N–H and O–H groups in total. The third-order valence-corrected chi connectivity index (χ3v) is 8.13. The monoisotopic (exact) mass is 602 g/mol. The van der Waals surface area contributed by atoms with Crippen LogP contribution in [0.1, 0.15) is 37.9 Å². The molecule has 43 heavy (non-hydrogen) atoms. The summed E-state index contributed by atoms with van der Waals surface area (Å²) in [5.74, 6) is -1.53. The molecule has 218 valence electrons. The molecule has 1 aliphatic heterocycles. The molecule has 1 saturated heterocycles. The molecule has 12 heteroatoms. The highest BCUT2D eigenvalue weighted by Gasteiger charge is 2.25. The van der Waals surface area contributed by atoms with Crippen LogP contribution in [0.3, 0.4) is 0 Å². The summed E-state index contributed by atoms with van der Waals surface area (Å²) in [6.07, 6.45) is 0.655. The zero-order valence-electron chi connectivity index (χ0n) is 22.8. The molecule has 0 spiro atoms. The van der Waals surface area contributed by atoms with Crippen molar-refractivity contribution >= 4 is 28.3 Å². The molecule has 2 aromatic carbocycles. The maximum absolute atomic E-state index is 15.5. The number of halogens is 2. The van der Waals surface area contributed by atoms with Crippen LogP contribution in [0.25, 0.3) is 22.3 Å². The van der Waals surface area contributed by atoms with Crippen molar-refractivity contribution in [2.75, 3.05) is 13.7 Å². The summed E-state index contributed by atoms with van der Waals surface area (Å²) in [5, 5.41) is 18.6. The van der Waals surface area contributed by atoms with Crippen LogP contribution in [0.2, 0.25) is 0 Å². The number of fused-ring (bicyclic) bond motifs is 1. The Kier molecular flexibility index (Phi) is 7.75. The van der Waals surface area contributed by atoms with Crippen LogP contribution in [-0.4, -0.2) is 45.4 Å². The van der Waals surface area contributed by atoms with Crippen molar-refractivity contribution < 1.29 is 32.9 Å². The van der Waals surface area contributed by atoms with Gasteiger partial charge in [-0.05, 0) is 54.4 Å². The molecule has 0 saturated carbocycles. The van der Waals surface area contributed by atoms with Gasteiger partial charge in [0.05, 0.1) is 36.5 Å². The second-order valence-electron chi connectivity index (χ2n) is 9.90. The molecule has 5 aromatic rings. The van der Waals surface area contributed by atoms with Gasteiger partial charge in [0.15, 0.2) is 0 Å². The van der Waals surface area contributed by atoms with Gasteiger partial charge in [0.25, 0.3) is 0 Å². The summed E-state index contributed by atoms with van der Waals surface area (Å²) in [6, 6.07) is 15.5. The maximum atomic E-state index is 15.5. The van der Waals surface area contributed by atoms with E-state index in [4.69, 9.17) is 19.5 Å². The van der Waals surface area contributed by atoms with Crippen molar-refractivity contribution in [2.24, 2.45) is 0 Å². The molecule has 9 nitrogen and oxygen atoms in total. The number of aromatic nitrogens is 3. The number of hydrogen-bond donors (Lipinski definition) is 1. The lowest BCUT2D eigenvalue weighted by Crippen LogP contribution is -2.31. The number of carboxylic acids is 1. The summed E-state index contributed by atoms with van der Waals surface area (Å²) in [4.78, 5) is 22.2. The fourth-order valence-electron chi connectivity index (χ4n) is 4.89. The number of pyridine rings is 1. The van der Waals surface area contributed by atoms with Crippen LogP contribution in [0.4, 0.5) is 8.78 Å². The van der Waals surface area contributed by atoms with Crippen molar-refractivity contribution in [1.29, 1.82) is 5.26 Å². The summed E-state index contributed by atoms with van der Waals surface area (Å²) >= 11 is 1.30. The van der Waals surface area contributed by atoms with Gasteiger partial charge in [-0.2, -0.15) is 5.26 Å². The first kappa shape index (κ1) is 28.3. The lowest BCUT2D eigenvalue weighted by Gasteiger charge is -2.27. The first-order valence-electron chi connectivity index (χ1n) is 13.3. The van der Waals surface area contributed by atoms with E-state index in [1.165, 1.54) is 30.6 Å². The first-order valence-corrected chi connectivity index (χ1v) is 14.1. The molecule has 0 aliphatic carbocycles. The van der Waals surface area contributed by atoms with Crippen LogP contribution < -0.4 is 9.47 Å². The fraction of sp³-hybridized carbons (Fsp3) is 0.226. The lowest BCUT2D eigenvalue weighted by atomic mass is 10.0. The third-order valence-electron chi connectivity index (χ3n) is 7.16. The van der Waals surface area contributed by atoms with Crippen LogP contribution in [0.5, 0.6) is 11.6 Å². The van der Waals surface area contributed by atoms with Crippen molar-refractivity contribution in [3.05, 3.63) is 92.9 Å². The second-order valence-corrected chi connectivity index (χ2v) is 11.1. The lowest BCUT2D eigenvalue weighted by molar-refractivity contribution is -0.0589. The van der Waals surface area contributed by atoms with E-state index < -0.39 is 17.6 Å². The van der Waals surface area contributed by atoms with Crippen molar-refractivity contribution in [1.82, 2.24) is 14.5 Å². The van der Waals surface area contributed by atoms with E-state index in [0.717, 1.165) is 23.4 Å². The van der Waals surface area contributed by atoms with E-state index >= 15 is 8.78 Å². The minimum absolute atomic E-state index is 0.0224. The van der Waals surface area contributed by atoms with Crippen molar-refractivity contribution in [2.45, 2.75) is 32.1 Å². The highest BCUT2D eigenvalue weighted by atomic mass is 32.1. The SMILES string of the molecule is COc1cc(C(=O)O)cc2c1nc(Cc1cc(F)c(-c3cccc(OCc4ccc(C#N)s4)n3)cc1F)n2C[C@@H]1CCO1. The van der Waals surface area contributed by atoms with Gasteiger partial charge in [0.1, 0.15) is 46.3 Å². The summed E-state index contributed by atoms with van der Waals surface area (Å²) in [7, 11) is 1.42. The molecule has 1 aliphatic rings. The molecule has 1 fully saturated rings. The number of hydrogen-bond acceptors (Lipinski definition) is 8. The minimum atomic E-state index is -1.12. The fourth-order valence-corrected chi connectivity index (χ4v) is 5.60. The number of carbonyl (C=O) groups is 1. The van der Waals surface area contributed by atoms with Gasteiger partial charge in [-0.1, -0.05) is 6.07 Å². The number of imidazole rings is 1. The first-order chi connectivity index (χ1) is 20.8.